The van der Waals surface area contributed by atoms with Gasteiger partial charge in [-0.05, 0) is 18.6 Å². The largest absolute Gasteiger partial charge is 0.496 e. The van der Waals surface area contributed by atoms with Crippen LogP contribution in [0.4, 0.5) is 8.78 Å². The van der Waals surface area contributed by atoms with Gasteiger partial charge in [0.15, 0.2) is 0 Å². The summed E-state index contributed by atoms with van der Waals surface area (Å²) in [7, 11) is 1.24. The lowest BCUT2D eigenvalue weighted by atomic mass is 10.0. The summed E-state index contributed by atoms with van der Waals surface area (Å²) in [5, 5.41) is 8.84. The zero-order valence-corrected chi connectivity index (χ0v) is 8.25. The molecule has 3 nitrogen and oxygen atoms in total. The summed E-state index contributed by atoms with van der Waals surface area (Å²) >= 11 is 0. The van der Waals surface area contributed by atoms with Crippen molar-refractivity contribution in [2.24, 2.45) is 0 Å². The monoisotopic (exact) mass is 216 g/mol. The van der Waals surface area contributed by atoms with E-state index in [4.69, 9.17) is 9.84 Å². The molecule has 0 aliphatic heterocycles. The van der Waals surface area contributed by atoms with E-state index in [1.807, 2.05) is 0 Å². The molecule has 15 heavy (non-hydrogen) atoms. The van der Waals surface area contributed by atoms with E-state index in [9.17, 15) is 13.6 Å². The van der Waals surface area contributed by atoms with Gasteiger partial charge >= 0.3 is 5.97 Å². The number of aryl methyl sites for hydroxylation is 1. The number of alkyl halides is 2. The van der Waals surface area contributed by atoms with Crippen molar-refractivity contribution in [2.45, 2.75) is 13.3 Å². The van der Waals surface area contributed by atoms with E-state index in [1.54, 1.807) is 0 Å². The molecule has 0 fully saturated rings. The first-order valence-electron chi connectivity index (χ1n) is 4.18. The number of hydrogen-bond acceptors (Lipinski definition) is 2. The van der Waals surface area contributed by atoms with Crippen molar-refractivity contribution < 1.29 is 23.4 Å². The predicted molar refractivity (Wildman–Crippen MR) is 49.6 cm³/mol. The second-order valence-electron chi connectivity index (χ2n) is 2.98. The standard InChI is InChI=1S/C10H10F2O3/c1-5-3-4-6(15-2)8(10(13)14)7(5)9(11)12/h3-4,9H,1-2H3,(H,13,14). The first kappa shape index (κ1) is 11.4. The Kier molecular flexibility index (Phi) is 3.24. The van der Waals surface area contributed by atoms with Crippen molar-refractivity contribution in [2.75, 3.05) is 7.11 Å². The van der Waals surface area contributed by atoms with Crippen LogP contribution >= 0.6 is 0 Å². The number of carboxylic acids is 1. The summed E-state index contributed by atoms with van der Waals surface area (Å²) in [5.41, 5.74) is -0.711. The Bertz CT molecular complexity index is 388. The molecule has 5 heteroatoms. The van der Waals surface area contributed by atoms with Gasteiger partial charge in [0.2, 0.25) is 0 Å². The molecule has 0 aromatic heterocycles. The highest BCUT2D eigenvalue weighted by Gasteiger charge is 2.24. The fourth-order valence-corrected chi connectivity index (χ4v) is 1.38. The van der Waals surface area contributed by atoms with Crippen LogP contribution in [0.2, 0.25) is 0 Å². The van der Waals surface area contributed by atoms with E-state index in [-0.39, 0.29) is 11.3 Å². The second kappa shape index (κ2) is 4.25. The normalized spacial score (nSPS) is 10.5. The molecule has 0 bridgehead atoms. The molecule has 1 aromatic carbocycles. The van der Waals surface area contributed by atoms with Crippen LogP contribution in [0.25, 0.3) is 0 Å². The predicted octanol–water partition coefficient (Wildman–Crippen LogP) is 2.64. The van der Waals surface area contributed by atoms with Crippen LogP contribution in [-0.2, 0) is 0 Å². The van der Waals surface area contributed by atoms with Crippen molar-refractivity contribution in [1.82, 2.24) is 0 Å². The van der Waals surface area contributed by atoms with Crippen LogP contribution in [0.1, 0.15) is 27.9 Å². The first-order chi connectivity index (χ1) is 6.99. The van der Waals surface area contributed by atoms with Crippen LogP contribution in [0.15, 0.2) is 12.1 Å². The maximum atomic E-state index is 12.6. The minimum atomic E-state index is -2.83. The number of hydrogen-bond donors (Lipinski definition) is 1. The van der Waals surface area contributed by atoms with E-state index in [2.05, 4.69) is 0 Å². The Morgan fingerprint density at radius 3 is 2.47 bits per heavy atom. The number of methoxy groups -OCH3 is 1. The van der Waals surface area contributed by atoms with Crippen molar-refractivity contribution >= 4 is 5.97 Å². The molecular formula is C10H10F2O3. The summed E-state index contributed by atoms with van der Waals surface area (Å²) in [4.78, 5) is 10.8. The number of benzene rings is 1. The molecule has 1 aromatic rings. The Balaban J connectivity index is 3.51. The van der Waals surface area contributed by atoms with E-state index in [0.717, 1.165) is 0 Å². The maximum Gasteiger partial charge on any atom is 0.339 e. The number of carboxylic acid groups (broad SMARTS) is 1. The quantitative estimate of drug-likeness (QED) is 0.844. The second-order valence-corrected chi connectivity index (χ2v) is 2.98. The zero-order chi connectivity index (χ0) is 11.6. The van der Waals surface area contributed by atoms with E-state index >= 15 is 0 Å². The fourth-order valence-electron chi connectivity index (χ4n) is 1.38. The third kappa shape index (κ3) is 2.06. The molecule has 0 saturated heterocycles. The number of halogens is 2. The van der Waals surface area contributed by atoms with Gasteiger partial charge in [-0.1, -0.05) is 6.07 Å². The lowest BCUT2D eigenvalue weighted by Gasteiger charge is -2.12. The fraction of sp³-hybridized carbons (Fsp3) is 0.300. The van der Waals surface area contributed by atoms with Gasteiger partial charge in [-0.25, -0.2) is 13.6 Å². The van der Waals surface area contributed by atoms with Crippen LogP contribution in [0, 0.1) is 6.92 Å². The molecule has 0 aliphatic rings. The van der Waals surface area contributed by atoms with E-state index in [0.29, 0.717) is 0 Å². The molecule has 0 heterocycles. The van der Waals surface area contributed by atoms with Crippen molar-refractivity contribution in [3.05, 3.63) is 28.8 Å². The average Bonchev–Trinajstić information content (AvgIpc) is 2.16. The molecule has 1 N–H and O–H groups in total. The molecule has 0 aliphatic carbocycles. The molecule has 0 atom stereocenters. The van der Waals surface area contributed by atoms with Gasteiger partial charge in [0, 0.05) is 5.56 Å². The Hall–Kier alpha value is -1.65. The van der Waals surface area contributed by atoms with Gasteiger partial charge in [0.25, 0.3) is 6.43 Å². The van der Waals surface area contributed by atoms with Crippen LogP contribution in [0.3, 0.4) is 0 Å². The smallest absolute Gasteiger partial charge is 0.339 e. The van der Waals surface area contributed by atoms with Crippen molar-refractivity contribution in [3.8, 4) is 5.75 Å². The lowest BCUT2D eigenvalue weighted by Crippen LogP contribution is -2.07. The zero-order valence-electron chi connectivity index (χ0n) is 8.25. The SMILES string of the molecule is COc1ccc(C)c(C(F)F)c1C(=O)O. The lowest BCUT2D eigenvalue weighted by molar-refractivity contribution is 0.0680. The topological polar surface area (TPSA) is 46.5 Å². The van der Waals surface area contributed by atoms with Crippen molar-refractivity contribution in [3.63, 3.8) is 0 Å². The summed E-state index contributed by atoms with van der Waals surface area (Å²) < 4.78 is 30.0. The number of aromatic carboxylic acids is 1. The number of rotatable bonds is 3. The summed E-state index contributed by atoms with van der Waals surface area (Å²) in [6.45, 7) is 1.44. The van der Waals surface area contributed by atoms with Crippen LogP contribution in [0.5, 0.6) is 5.75 Å². The summed E-state index contributed by atoms with van der Waals surface area (Å²) in [6.07, 6.45) is -2.83. The molecule has 82 valence electrons. The highest BCUT2D eigenvalue weighted by Crippen LogP contribution is 2.32. The molecule has 0 radical (unpaired) electrons. The first-order valence-corrected chi connectivity index (χ1v) is 4.18. The molecule has 0 spiro atoms. The number of carbonyl (C=O) groups is 1. The summed E-state index contributed by atoms with van der Waals surface area (Å²) in [5.74, 6) is -1.46. The minimum absolute atomic E-state index is 0.0524. The van der Waals surface area contributed by atoms with E-state index in [1.165, 1.54) is 26.2 Å². The van der Waals surface area contributed by atoms with Gasteiger partial charge in [0.1, 0.15) is 11.3 Å². The van der Waals surface area contributed by atoms with Crippen LogP contribution < -0.4 is 4.74 Å². The maximum absolute atomic E-state index is 12.6. The third-order valence-electron chi connectivity index (χ3n) is 2.08. The molecule has 0 saturated carbocycles. The Morgan fingerprint density at radius 2 is 2.07 bits per heavy atom. The van der Waals surface area contributed by atoms with Gasteiger partial charge in [-0.15, -0.1) is 0 Å². The summed E-state index contributed by atoms with van der Waals surface area (Å²) in [6, 6.07) is 2.78. The molecular weight excluding hydrogens is 206 g/mol. The van der Waals surface area contributed by atoms with E-state index < -0.39 is 23.5 Å². The van der Waals surface area contributed by atoms with Gasteiger partial charge < -0.3 is 9.84 Å². The third-order valence-corrected chi connectivity index (χ3v) is 2.08. The van der Waals surface area contributed by atoms with Gasteiger partial charge in [-0.3, -0.25) is 0 Å². The minimum Gasteiger partial charge on any atom is -0.496 e. The molecule has 1 rings (SSSR count). The highest BCUT2D eigenvalue weighted by molar-refractivity contribution is 5.93. The average molecular weight is 216 g/mol. The Labute approximate surface area is 85.3 Å². The molecule has 0 amide bonds. The Morgan fingerprint density at radius 1 is 1.47 bits per heavy atom. The number of ether oxygens (including phenoxy) is 1. The van der Waals surface area contributed by atoms with Gasteiger partial charge in [-0.2, -0.15) is 0 Å². The highest BCUT2D eigenvalue weighted by atomic mass is 19.3. The van der Waals surface area contributed by atoms with Crippen LogP contribution in [-0.4, -0.2) is 18.2 Å². The van der Waals surface area contributed by atoms with Gasteiger partial charge in [0.05, 0.1) is 7.11 Å². The molecule has 0 unspecified atom stereocenters. The van der Waals surface area contributed by atoms with Crippen molar-refractivity contribution in [1.29, 1.82) is 0 Å².